The van der Waals surface area contributed by atoms with Crippen molar-refractivity contribution in [1.82, 2.24) is 5.32 Å². The highest BCUT2D eigenvalue weighted by Gasteiger charge is 2.35. The van der Waals surface area contributed by atoms with Gasteiger partial charge in [-0.1, -0.05) is 42.1 Å². The number of rotatable bonds is 12. The Hall–Kier alpha value is -2.23. The Labute approximate surface area is 208 Å². The molecule has 1 saturated heterocycles. The Balaban J connectivity index is 1.73. The zero-order valence-corrected chi connectivity index (χ0v) is 21.6. The van der Waals surface area contributed by atoms with Gasteiger partial charge < -0.3 is 4.74 Å². The second-order valence-electron chi connectivity index (χ2n) is 8.41. The molecule has 2 unspecified atom stereocenters. The monoisotopic (exact) mass is 525 g/mol. The normalized spacial score (nSPS) is 17.2. The number of halogens is 1. The minimum Gasteiger partial charge on any atom is -0.491 e. The molecule has 2 amide bonds. The lowest BCUT2D eigenvalue weighted by Crippen LogP contribution is -2.25. The number of hydrogen-bond donors (Lipinski definition) is 1. The van der Waals surface area contributed by atoms with Crippen molar-refractivity contribution < 1.29 is 36.9 Å². The Morgan fingerprint density at radius 3 is 2.14 bits per heavy atom. The summed E-state index contributed by atoms with van der Waals surface area (Å²) in [4.78, 5) is 23.1. The molecule has 3 rings (SSSR count). The molecule has 0 aliphatic carbocycles. The number of benzene rings is 2. The molecule has 1 fully saturated rings. The molecule has 1 heterocycles. The third-order valence-electron chi connectivity index (χ3n) is 4.70. The van der Waals surface area contributed by atoms with Crippen LogP contribution in [0.5, 0.6) is 5.75 Å². The van der Waals surface area contributed by atoms with Crippen LogP contribution in [0.4, 0.5) is 9.18 Å². The second kappa shape index (κ2) is 12.1. The van der Waals surface area contributed by atoms with Gasteiger partial charge in [0.2, 0.25) is 5.91 Å². The molecule has 0 aromatic heterocycles. The Morgan fingerprint density at radius 1 is 0.971 bits per heavy atom. The van der Waals surface area contributed by atoms with E-state index in [4.69, 9.17) is 18.3 Å². The quantitative estimate of drug-likeness (QED) is 0.346. The highest BCUT2D eigenvalue weighted by molar-refractivity contribution is 8.15. The van der Waals surface area contributed by atoms with E-state index in [0.29, 0.717) is 12.2 Å². The van der Waals surface area contributed by atoms with Gasteiger partial charge in [0.15, 0.2) is 0 Å². The fourth-order valence-corrected chi connectivity index (χ4v) is 5.82. The second-order valence-corrected chi connectivity index (χ2v) is 11.1. The number of carbonyl (C=O) groups is 2. The summed E-state index contributed by atoms with van der Waals surface area (Å²) in [5.41, 5.74) is 1.000. The predicted molar refractivity (Wildman–Crippen MR) is 131 cm³/mol. The van der Waals surface area contributed by atoms with Crippen molar-refractivity contribution in [2.24, 2.45) is 0 Å². The van der Waals surface area contributed by atoms with Gasteiger partial charge in [0.05, 0.1) is 17.5 Å². The third-order valence-corrected chi connectivity index (χ3v) is 7.55. The molecule has 0 bridgehead atoms. The molecule has 8 nitrogen and oxygen atoms in total. The summed E-state index contributed by atoms with van der Waals surface area (Å²) in [6.07, 6.45) is -1.59. The van der Waals surface area contributed by atoms with Crippen LogP contribution in [-0.4, -0.2) is 35.2 Å². The molecule has 2 atom stereocenters. The first-order valence-electron chi connectivity index (χ1n) is 11.2. The molecule has 2 aromatic rings. The molecule has 11 heteroatoms. The zero-order chi connectivity index (χ0) is 25.6. The summed E-state index contributed by atoms with van der Waals surface area (Å²) in [5.74, 6) is -0.386. The van der Waals surface area contributed by atoms with E-state index in [1.54, 1.807) is 64.1 Å². The maximum Gasteiger partial charge on any atom is 0.476 e. The highest BCUT2D eigenvalue weighted by Crippen LogP contribution is 2.55. The Morgan fingerprint density at radius 2 is 1.60 bits per heavy atom. The molecular formula is C24H29FNO7PS. The number of phosphoric acid groups is 1. The number of ether oxygens (including phenoxy) is 1. The number of thioether (sulfide) groups is 1. The van der Waals surface area contributed by atoms with Gasteiger partial charge in [0.1, 0.15) is 24.3 Å². The van der Waals surface area contributed by atoms with Crippen molar-refractivity contribution in [2.75, 3.05) is 6.61 Å². The van der Waals surface area contributed by atoms with Crippen LogP contribution >= 0.6 is 19.6 Å². The van der Waals surface area contributed by atoms with Gasteiger partial charge in [-0.3, -0.25) is 28.5 Å². The molecule has 35 heavy (non-hydrogen) atoms. The highest BCUT2D eigenvalue weighted by atomic mass is 32.2. The van der Waals surface area contributed by atoms with Crippen LogP contribution in [0.25, 0.3) is 0 Å². The van der Waals surface area contributed by atoms with E-state index in [2.05, 4.69) is 5.32 Å². The van der Waals surface area contributed by atoms with Crippen LogP contribution in [0.2, 0.25) is 0 Å². The lowest BCUT2D eigenvalue weighted by molar-refractivity contribution is -0.118. The average molecular weight is 526 g/mol. The number of imide groups is 1. The third kappa shape index (κ3) is 8.15. The maximum atomic E-state index is 14.6. The van der Waals surface area contributed by atoms with Crippen LogP contribution in [0, 0.1) is 5.82 Å². The fourth-order valence-electron chi connectivity index (χ4n) is 3.30. The van der Waals surface area contributed by atoms with E-state index in [0.717, 1.165) is 17.3 Å². The molecule has 1 N–H and O–H groups in total. The predicted octanol–water partition coefficient (Wildman–Crippen LogP) is 5.81. The van der Waals surface area contributed by atoms with E-state index < -0.39 is 37.2 Å². The van der Waals surface area contributed by atoms with Crippen LogP contribution in [0.3, 0.4) is 0 Å². The number of nitrogens with one attached hydrogen (secondary N) is 1. The SMILES string of the molecule is CC(C)OP(=O)(OC(C)C)OC(COc1ccc(CC2SC(=O)NC2=O)cc1)c1ccccc1F. The number of phosphoric ester groups is 1. The van der Waals surface area contributed by atoms with Crippen LogP contribution in [-0.2, 0) is 29.4 Å². The smallest absolute Gasteiger partial charge is 0.476 e. The summed E-state index contributed by atoms with van der Waals surface area (Å²) in [6, 6.07) is 12.9. The zero-order valence-electron chi connectivity index (χ0n) is 19.9. The van der Waals surface area contributed by atoms with Crippen LogP contribution in [0.15, 0.2) is 48.5 Å². The van der Waals surface area contributed by atoms with Crippen molar-refractivity contribution in [2.45, 2.75) is 57.7 Å². The molecule has 190 valence electrons. The van der Waals surface area contributed by atoms with Crippen LogP contribution < -0.4 is 10.1 Å². The lowest BCUT2D eigenvalue weighted by Gasteiger charge is -2.27. The molecule has 1 aliphatic rings. The average Bonchev–Trinajstić information content (AvgIpc) is 3.08. The van der Waals surface area contributed by atoms with Crippen molar-refractivity contribution in [3.63, 3.8) is 0 Å². The van der Waals surface area contributed by atoms with Gasteiger partial charge in [-0.05, 0) is 57.9 Å². The van der Waals surface area contributed by atoms with E-state index >= 15 is 0 Å². The number of amides is 2. The van der Waals surface area contributed by atoms with Crippen molar-refractivity contribution in [1.29, 1.82) is 0 Å². The summed E-state index contributed by atoms with van der Waals surface area (Å²) in [6.45, 7) is 6.61. The molecule has 0 radical (unpaired) electrons. The van der Waals surface area contributed by atoms with Crippen LogP contribution in [0.1, 0.15) is 44.9 Å². The van der Waals surface area contributed by atoms with Gasteiger partial charge in [-0.2, -0.15) is 0 Å². The number of hydrogen-bond acceptors (Lipinski definition) is 8. The fraction of sp³-hybridized carbons (Fsp3) is 0.417. The van der Waals surface area contributed by atoms with Gasteiger partial charge in [-0.15, -0.1) is 0 Å². The molecule has 0 saturated carbocycles. The Kier molecular flexibility index (Phi) is 9.49. The first-order valence-corrected chi connectivity index (χ1v) is 13.5. The van der Waals surface area contributed by atoms with E-state index in [1.165, 1.54) is 12.1 Å². The van der Waals surface area contributed by atoms with Crippen molar-refractivity contribution in [3.05, 3.63) is 65.5 Å². The lowest BCUT2D eigenvalue weighted by atomic mass is 10.1. The summed E-state index contributed by atoms with van der Waals surface area (Å²) in [5, 5.41) is 1.45. The van der Waals surface area contributed by atoms with E-state index in [1.807, 2.05) is 0 Å². The molecule has 2 aromatic carbocycles. The largest absolute Gasteiger partial charge is 0.491 e. The first-order chi connectivity index (χ1) is 16.5. The minimum absolute atomic E-state index is 0.151. The summed E-state index contributed by atoms with van der Waals surface area (Å²) < 4.78 is 50.4. The van der Waals surface area contributed by atoms with E-state index in [-0.39, 0.29) is 23.3 Å². The van der Waals surface area contributed by atoms with Gasteiger partial charge in [0, 0.05) is 5.56 Å². The maximum absolute atomic E-state index is 14.6. The standard InChI is InChI=1S/C24H29FNO7PS/c1-15(2)31-34(29,32-16(3)4)33-21(19-7-5-6-8-20(19)25)14-30-18-11-9-17(10-12-18)13-22-23(27)26-24(28)35-22/h5-12,15-16,21-22H,13-14H2,1-4H3,(H,26,27,28). The van der Waals surface area contributed by atoms with Gasteiger partial charge in [-0.25, -0.2) is 8.96 Å². The van der Waals surface area contributed by atoms with E-state index in [9.17, 15) is 18.5 Å². The molecule has 0 spiro atoms. The number of carbonyl (C=O) groups excluding carboxylic acids is 2. The summed E-state index contributed by atoms with van der Waals surface area (Å²) in [7, 11) is -4.04. The first kappa shape index (κ1) is 27.4. The van der Waals surface area contributed by atoms with Crippen molar-refractivity contribution >= 4 is 30.7 Å². The Bertz CT molecular complexity index is 1070. The molecule has 1 aliphatic heterocycles. The van der Waals surface area contributed by atoms with Crippen molar-refractivity contribution in [3.8, 4) is 5.75 Å². The van der Waals surface area contributed by atoms with Gasteiger partial charge in [0.25, 0.3) is 5.24 Å². The van der Waals surface area contributed by atoms with Gasteiger partial charge >= 0.3 is 7.82 Å². The topological polar surface area (TPSA) is 100 Å². The molecular weight excluding hydrogens is 496 g/mol. The minimum atomic E-state index is -4.04. The summed E-state index contributed by atoms with van der Waals surface area (Å²) >= 11 is 0.966.